The van der Waals surface area contributed by atoms with Crippen molar-refractivity contribution >= 4 is 15.9 Å². The number of aromatic nitrogens is 2. The fourth-order valence-electron chi connectivity index (χ4n) is 3.58. The highest BCUT2D eigenvalue weighted by molar-refractivity contribution is 7.89. The van der Waals surface area contributed by atoms with Gasteiger partial charge < -0.3 is 9.73 Å². The lowest BCUT2D eigenvalue weighted by Crippen LogP contribution is -2.37. The van der Waals surface area contributed by atoms with Crippen molar-refractivity contribution in [1.82, 2.24) is 20.2 Å². The summed E-state index contributed by atoms with van der Waals surface area (Å²) in [4.78, 5) is 26.5. The molecule has 3 N–H and O–H groups in total. The van der Waals surface area contributed by atoms with Crippen molar-refractivity contribution in [3.05, 3.63) is 70.4 Å². The summed E-state index contributed by atoms with van der Waals surface area (Å²) in [5, 5.41) is 6.64. The minimum atomic E-state index is -3.82. The van der Waals surface area contributed by atoms with Crippen LogP contribution in [0.5, 0.6) is 0 Å². The Bertz CT molecular complexity index is 1180. The van der Waals surface area contributed by atoms with E-state index < -0.39 is 21.7 Å². The van der Waals surface area contributed by atoms with E-state index in [0.29, 0.717) is 18.0 Å². The van der Waals surface area contributed by atoms with Crippen LogP contribution in [-0.2, 0) is 16.6 Å². The van der Waals surface area contributed by atoms with Crippen molar-refractivity contribution in [2.24, 2.45) is 0 Å². The lowest BCUT2D eigenvalue weighted by atomic mass is 10.0. The number of furan rings is 1. The standard InChI is InChI=1S/C19H20N4O6S/c24-18(21-16-8-2-7-15(16)17-22-19(25)29-23-17)12-4-1-6-14(10-12)30(26,27)20-11-13-5-3-9-28-13/h1,3-6,9-10,15-16,20H,2,7-8,11H2,(H,21,24)(H,22,23,25). The SMILES string of the molecule is O=C(NC1CCCC1c1noc(=O)[nH]1)c1cccc(S(=O)(=O)NCc2ccco2)c1. The molecule has 30 heavy (non-hydrogen) atoms. The number of nitrogens with zero attached hydrogens (tertiary/aromatic N) is 1. The van der Waals surface area contributed by atoms with Crippen LogP contribution in [-0.4, -0.2) is 30.5 Å². The molecule has 3 aromatic rings. The summed E-state index contributed by atoms with van der Waals surface area (Å²) in [6.07, 6.45) is 3.78. The predicted molar refractivity (Wildman–Crippen MR) is 104 cm³/mol. The number of benzene rings is 1. The first kappa shape index (κ1) is 20.1. The third-order valence-corrected chi connectivity index (χ3v) is 6.46. The van der Waals surface area contributed by atoms with Crippen LogP contribution >= 0.6 is 0 Å². The van der Waals surface area contributed by atoms with E-state index in [4.69, 9.17) is 4.42 Å². The molecule has 158 valence electrons. The first-order chi connectivity index (χ1) is 14.4. The van der Waals surface area contributed by atoms with Gasteiger partial charge in [0, 0.05) is 17.5 Å². The summed E-state index contributed by atoms with van der Waals surface area (Å²) >= 11 is 0. The molecule has 1 aromatic carbocycles. The molecule has 0 bridgehead atoms. The van der Waals surface area contributed by atoms with Gasteiger partial charge in [-0.15, -0.1) is 0 Å². The number of rotatable bonds is 7. The van der Waals surface area contributed by atoms with Crippen molar-refractivity contribution in [2.75, 3.05) is 0 Å². The van der Waals surface area contributed by atoms with Gasteiger partial charge in [-0.25, -0.2) is 17.9 Å². The fraction of sp³-hybridized carbons (Fsp3) is 0.316. The van der Waals surface area contributed by atoms with E-state index in [2.05, 4.69) is 24.7 Å². The Morgan fingerprint density at radius 3 is 2.83 bits per heavy atom. The molecule has 1 aliphatic rings. The van der Waals surface area contributed by atoms with Gasteiger partial charge in [-0.05, 0) is 43.2 Å². The Hall–Kier alpha value is -3.18. The summed E-state index contributed by atoms with van der Waals surface area (Å²) in [6.45, 7) is 0.00537. The molecule has 2 atom stereocenters. The van der Waals surface area contributed by atoms with Crippen LogP contribution in [0.25, 0.3) is 0 Å². The van der Waals surface area contributed by atoms with Crippen LogP contribution in [0.4, 0.5) is 0 Å². The first-order valence-electron chi connectivity index (χ1n) is 9.41. The zero-order chi connectivity index (χ0) is 21.1. The lowest BCUT2D eigenvalue weighted by Gasteiger charge is -2.18. The van der Waals surface area contributed by atoms with E-state index in [9.17, 15) is 18.0 Å². The Labute approximate surface area is 171 Å². The highest BCUT2D eigenvalue weighted by Gasteiger charge is 2.33. The number of hydrogen-bond donors (Lipinski definition) is 3. The van der Waals surface area contributed by atoms with Gasteiger partial charge in [-0.1, -0.05) is 17.6 Å². The molecule has 2 unspecified atom stereocenters. The molecule has 10 nitrogen and oxygen atoms in total. The molecule has 1 fully saturated rings. The summed E-state index contributed by atoms with van der Waals surface area (Å²) in [5.41, 5.74) is 0.218. The summed E-state index contributed by atoms with van der Waals surface area (Å²) in [7, 11) is -3.82. The molecule has 2 aromatic heterocycles. The Morgan fingerprint density at radius 2 is 2.10 bits per heavy atom. The number of hydrogen-bond acceptors (Lipinski definition) is 7. The Balaban J connectivity index is 1.46. The van der Waals surface area contributed by atoms with Gasteiger partial charge >= 0.3 is 5.76 Å². The molecule has 11 heteroatoms. The lowest BCUT2D eigenvalue weighted by molar-refractivity contribution is 0.0933. The molecular formula is C19H20N4O6S. The normalized spacial score (nSPS) is 19.1. The van der Waals surface area contributed by atoms with E-state index in [1.807, 2.05) is 0 Å². The molecule has 0 spiro atoms. The number of carbonyl (C=O) groups is 1. The fourth-order valence-corrected chi connectivity index (χ4v) is 4.62. The Morgan fingerprint density at radius 1 is 1.23 bits per heavy atom. The third-order valence-electron chi connectivity index (χ3n) is 5.06. The van der Waals surface area contributed by atoms with E-state index in [1.54, 1.807) is 18.2 Å². The topological polar surface area (TPSA) is 147 Å². The molecule has 0 saturated heterocycles. The van der Waals surface area contributed by atoms with E-state index >= 15 is 0 Å². The van der Waals surface area contributed by atoms with Gasteiger partial charge in [-0.3, -0.25) is 14.3 Å². The van der Waals surface area contributed by atoms with Gasteiger partial charge in [0.15, 0.2) is 5.82 Å². The number of H-pyrrole nitrogens is 1. The van der Waals surface area contributed by atoms with Crippen LogP contribution < -0.4 is 15.8 Å². The maximum absolute atomic E-state index is 12.7. The van der Waals surface area contributed by atoms with Crippen molar-refractivity contribution in [3.8, 4) is 0 Å². The second kappa shape index (κ2) is 8.28. The Kier molecular flexibility index (Phi) is 5.55. The zero-order valence-electron chi connectivity index (χ0n) is 15.8. The van der Waals surface area contributed by atoms with Crippen LogP contribution in [0, 0.1) is 0 Å². The minimum absolute atomic E-state index is 0.00537. The molecule has 2 heterocycles. The van der Waals surface area contributed by atoms with Crippen molar-refractivity contribution in [1.29, 1.82) is 0 Å². The zero-order valence-corrected chi connectivity index (χ0v) is 16.6. The molecule has 1 saturated carbocycles. The monoisotopic (exact) mass is 432 g/mol. The van der Waals surface area contributed by atoms with Crippen molar-refractivity contribution < 1.29 is 22.2 Å². The third kappa shape index (κ3) is 4.36. The number of carbonyl (C=O) groups excluding carboxylic acids is 1. The number of aromatic amines is 1. The van der Waals surface area contributed by atoms with Gasteiger partial charge in [0.1, 0.15) is 5.76 Å². The predicted octanol–water partition coefficient (Wildman–Crippen LogP) is 1.50. The summed E-state index contributed by atoms with van der Waals surface area (Å²) < 4.78 is 37.2. The highest BCUT2D eigenvalue weighted by atomic mass is 32.2. The second-order valence-corrected chi connectivity index (χ2v) is 8.80. The average Bonchev–Trinajstić information content (AvgIpc) is 3.48. The van der Waals surface area contributed by atoms with Gasteiger partial charge in [-0.2, -0.15) is 0 Å². The largest absolute Gasteiger partial charge is 0.468 e. The van der Waals surface area contributed by atoms with Gasteiger partial charge in [0.05, 0.1) is 17.7 Å². The van der Waals surface area contributed by atoms with E-state index in [1.165, 1.54) is 24.5 Å². The van der Waals surface area contributed by atoms with Gasteiger partial charge in [0.2, 0.25) is 10.0 Å². The summed E-state index contributed by atoms with van der Waals surface area (Å²) in [6, 6.07) is 8.88. The maximum atomic E-state index is 12.7. The van der Waals surface area contributed by atoms with Crippen molar-refractivity contribution in [2.45, 2.75) is 42.7 Å². The first-order valence-corrected chi connectivity index (χ1v) is 10.9. The molecule has 1 aliphatic carbocycles. The van der Waals surface area contributed by atoms with E-state index in [0.717, 1.165) is 12.8 Å². The molecule has 0 aliphatic heterocycles. The van der Waals surface area contributed by atoms with Crippen LogP contribution in [0.1, 0.15) is 47.1 Å². The molecule has 1 amide bonds. The number of nitrogens with one attached hydrogen (secondary N) is 3. The maximum Gasteiger partial charge on any atom is 0.438 e. The van der Waals surface area contributed by atoms with Crippen LogP contribution in [0.15, 0.2) is 61.3 Å². The molecule has 0 radical (unpaired) electrons. The highest BCUT2D eigenvalue weighted by Crippen LogP contribution is 2.32. The van der Waals surface area contributed by atoms with Crippen molar-refractivity contribution in [3.63, 3.8) is 0 Å². The minimum Gasteiger partial charge on any atom is -0.468 e. The average molecular weight is 432 g/mol. The number of amides is 1. The smallest absolute Gasteiger partial charge is 0.438 e. The second-order valence-electron chi connectivity index (χ2n) is 7.03. The quantitative estimate of drug-likeness (QED) is 0.512. The van der Waals surface area contributed by atoms with Crippen LogP contribution in [0.3, 0.4) is 0 Å². The van der Waals surface area contributed by atoms with Gasteiger partial charge in [0.25, 0.3) is 5.91 Å². The number of sulfonamides is 1. The molecule has 4 rings (SSSR count). The van der Waals surface area contributed by atoms with E-state index in [-0.39, 0.29) is 29.0 Å². The molecular weight excluding hydrogens is 412 g/mol. The van der Waals surface area contributed by atoms with Crippen LogP contribution in [0.2, 0.25) is 0 Å². The summed E-state index contributed by atoms with van der Waals surface area (Å²) in [5.74, 6) is -0.322.